The molecule has 0 atom stereocenters. The van der Waals surface area contributed by atoms with Crippen LogP contribution in [-0.2, 0) is 6.54 Å². The van der Waals surface area contributed by atoms with Crippen LogP contribution < -0.4 is 5.56 Å². The van der Waals surface area contributed by atoms with Gasteiger partial charge in [0, 0.05) is 12.3 Å². The van der Waals surface area contributed by atoms with Crippen LogP contribution in [0.4, 0.5) is 0 Å². The van der Waals surface area contributed by atoms with Crippen LogP contribution >= 0.6 is 23.1 Å². The van der Waals surface area contributed by atoms with Gasteiger partial charge in [-0.05, 0) is 11.4 Å². The molecule has 4 nitrogen and oxygen atoms in total. The molecule has 17 heavy (non-hydrogen) atoms. The molecule has 84 valence electrons. The number of fused-ring (bicyclic) bond motifs is 1. The van der Waals surface area contributed by atoms with E-state index in [0.29, 0.717) is 12.2 Å². The summed E-state index contributed by atoms with van der Waals surface area (Å²) in [4.78, 5) is 17.4. The molecule has 0 aliphatic carbocycles. The van der Waals surface area contributed by atoms with Crippen LogP contribution in [0.2, 0.25) is 0 Å². The van der Waals surface area contributed by atoms with Crippen molar-refractivity contribution in [1.82, 2.24) is 9.55 Å². The fourth-order valence-electron chi connectivity index (χ4n) is 1.76. The molecule has 6 heteroatoms. The summed E-state index contributed by atoms with van der Waals surface area (Å²) in [6.45, 7) is 0.644. The van der Waals surface area contributed by atoms with Gasteiger partial charge >= 0.3 is 0 Å². The zero-order valence-electron chi connectivity index (χ0n) is 8.71. The molecule has 0 bridgehead atoms. The Hall–Kier alpha value is -1.58. The lowest BCUT2D eigenvalue weighted by Gasteiger charge is -2.05. The van der Waals surface area contributed by atoms with Crippen LogP contribution in [0.3, 0.4) is 0 Å². The van der Waals surface area contributed by atoms with E-state index < -0.39 is 0 Å². The fraction of sp³-hybridized carbons (Fsp3) is 0.182. The highest BCUT2D eigenvalue weighted by Crippen LogP contribution is 2.29. The Balaban J connectivity index is 2.34. The minimum atomic E-state index is -0.217. The third kappa shape index (κ3) is 1.59. The molecule has 1 aliphatic heterocycles. The second-order valence-corrected chi connectivity index (χ2v) is 5.52. The molecule has 3 rings (SSSR count). The Morgan fingerprint density at radius 3 is 3.12 bits per heavy atom. The molecule has 2 aromatic rings. The number of aromatic nitrogens is 2. The van der Waals surface area contributed by atoms with Gasteiger partial charge in [-0.25, -0.2) is 4.98 Å². The molecule has 0 unspecified atom stereocenters. The van der Waals surface area contributed by atoms with Crippen LogP contribution in [-0.4, -0.2) is 15.3 Å². The molecule has 0 amide bonds. The zero-order chi connectivity index (χ0) is 11.8. The highest BCUT2D eigenvalue weighted by molar-refractivity contribution is 7.99. The van der Waals surface area contributed by atoms with Crippen LogP contribution in [0.5, 0.6) is 0 Å². The number of thioether (sulfide) groups is 1. The topological polar surface area (TPSA) is 58.7 Å². The maximum absolute atomic E-state index is 12.1. The Kier molecular flexibility index (Phi) is 2.50. The van der Waals surface area contributed by atoms with Crippen molar-refractivity contribution in [3.8, 4) is 16.6 Å². The summed E-state index contributed by atoms with van der Waals surface area (Å²) < 4.78 is 1.58. The van der Waals surface area contributed by atoms with E-state index in [0.717, 1.165) is 15.8 Å². The SMILES string of the molecule is N#Cc1c(-c2cccs2)nc2n(c1=O)CCS2. The van der Waals surface area contributed by atoms with E-state index in [1.54, 1.807) is 16.3 Å². The molecule has 2 aromatic heterocycles. The van der Waals surface area contributed by atoms with Gasteiger partial charge in [0.15, 0.2) is 5.16 Å². The lowest BCUT2D eigenvalue weighted by atomic mass is 10.2. The van der Waals surface area contributed by atoms with E-state index in [-0.39, 0.29) is 11.1 Å². The van der Waals surface area contributed by atoms with Gasteiger partial charge in [-0.15, -0.1) is 11.3 Å². The molecule has 0 aromatic carbocycles. The first-order chi connectivity index (χ1) is 8.31. The highest BCUT2D eigenvalue weighted by atomic mass is 32.2. The van der Waals surface area contributed by atoms with Gasteiger partial charge in [0.05, 0.1) is 4.88 Å². The standard InChI is InChI=1S/C11H7N3OS2/c12-6-7-9(8-2-1-4-16-8)13-11-14(10(7)15)3-5-17-11/h1-2,4H,3,5H2. The molecule has 1 aliphatic rings. The van der Waals surface area contributed by atoms with Crippen molar-refractivity contribution >= 4 is 23.1 Å². The van der Waals surface area contributed by atoms with E-state index >= 15 is 0 Å². The minimum Gasteiger partial charge on any atom is -0.286 e. The summed E-state index contributed by atoms with van der Waals surface area (Å²) in [5.41, 5.74) is 0.456. The number of nitrogens with zero attached hydrogens (tertiary/aromatic N) is 3. The van der Waals surface area contributed by atoms with E-state index in [2.05, 4.69) is 4.98 Å². The Morgan fingerprint density at radius 1 is 1.53 bits per heavy atom. The molecule has 3 heterocycles. The first-order valence-electron chi connectivity index (χ1n) is 5.03. The summed E-state index contributed by atoms with van der Waals surface area (Å²) >= 11 is 3.05. The van der Waals surface area contributed by atoms with Crippen LogP contribution in [0, 0.1) is 11.3 Å². The quantitative estimate of drug-likeness (QED) is 0.736. The second kappa shape index (κ2) is 4.02. The summed E-state index contributed by atoms with van der Waals surface area (Å²) in [5.74, 6) is 0.848. The summed E-state index contributed by atoms with van der Waals surface area (Å²) in [6.07, 6.45) is 0. The van der Waals surface area contributed by atoms with E-state index in [1.807, 2.05) is 23.6 Å². The van der Waals surface area contributed by atoms with Crippen molar-refractivity contribution in [2.45, 2.75) is 11.7 Å². The number of thiophene rings is 1. The van der Waals surface area contributed by atoms with Gasteiger partial charge in [-0.2, -0.15) is 5.26 Å². The Morgan fingerprint density at radius 2 is 2.41 bits per heavy atom. The third-order valence-corrected chi connectivity index (χ3v) is 4.38. The number of nitriles is 1. The molecular formula is C11H7N3OS2. The van der Waals surface area contributed by atoms with E-state index in [9.17, 15) is 4.79 Å². The maximum Gasteiger partial charge on any atom is 0.272 e. The average molecular weight is 261 g/mol. The Bertz CT molecular complexity index is 667. The van der Waals surface area contributed by atoms with Crippen molar-refractivity contribution in [3.05, 3.63) is 33.4 Å². The molecule has 0 N–H and O–H groups in total. The summed E-state index contributed by atoms with van der Waals surface area (Å²) in [5, 5.41) is 11.8. The Labute approximate surface area is 106 Å². The molecule has 0 spiro atoms. The van der Waals surface area contributed by atoms with Crippen LogP contribution in [0.1, 0.15) is 5.56 Å². The predicted octanol–water partition coefficient (Wildman–Crippen LogP) is 1.95. The molecule has 0 radical (unpaired) electrons. The first-order valence-corrected chi connectivity index (χ1v) is 6.89. The van der Waals surface area contributed by atoms with Crippen molar-refractivity contribution in [3.63, 3.8) is 0 Å². The van der Waals surface area contributed by atoms with Gasteiger partial charge in [0.1, 0.15) is 17.3 Å². The first kappa shape index (κ1) is 10.6. The molecule has 0 fully saturated rings. The van der Waals surface area contributed by atoms with Gasteiger partial charge in [-0.3, -0.25) is 9.36 Å². The normalized spacial score (nSPS) is 13.4. The van der Waals surface area contributed by atoms with E-state index in [1.165, 1.54) is 11.3 Å². The summed E-state index contributed by atoms with van der Waals surface area (Å²) in [6, 6.07) is 5.75. The molecule has 0 saturated heterocycles. The predicted molar refractivity (Wildman–Crippen MR) is 67.2 cm³/mol. The zero-order valence-corrected chi connectivity index (χ0v) is 10.3. The molecular weight excluding hydrogens is 254 g/mol. The van der Waals surface area contributed by atoms with Gasteiger partial charge in [-0.1, -0.05) is 17.8 Å². The molecule has 0 saturated carbocycles. The lowest BCUT2D eigenvalue weighted by Crippen LogP contribution is -2.23. The maximum atomic E-state index is 12.1. The van der Waals surface area contributed by atoms with Crippen LogP contribution in [0.15, 0.2) is 27.5 Å². The van der Waals surface area contributed by atoms with E-state index in [4.69, 9.17) is 5.26 Å². The second-order valence-electron chi connectivity index (χ2n) is 3.51. The van der Waals surface area contributed by atoms with Gasteiger partial charge in [0.25, 0.3) is 5.56 Å². The lowest BCUT2D eigenvalue weighted by molar-refractivity contribution is 0.655. The number of rotatable bonds is 1. The summed E-state index contributed by atoms with van der Waals surface area (Å²) in [7, 11) is 0. The van der Waals surface area contributed by atoms with Crippen molar-refractivity contribution in [1.29, 1.82) is 5.26 Å². The van der Waals surface area contributed by atoms with Crippen molar-refractivity contribution < 1.29 is 0 Å². The van der Waals surface area contributed by atoms with Crippen molar-refractivity contribution in [2.75, 3.05) is 5.75 Å². The number of hydrogen-bond donors (Lipinski definition) is 0. The smallest absolute Gasteiger partial charge is 0.272 e. The van der Waals surface area contributed by atoms with Gasteiger partial charge in [0.2, 0.25) is 0 Å². The minimum absolute atomic E-state index is 0.152. The highest BCUT2D eigenvalue weighted by Gasteiger charge is 2.21. The third-order valence-electron chi connectivity index (χ3n) is 2.55. The van der Waals surface area contributed by atoms with Crippen molar-refractivity contribution in [2.24, 2.45) is 0 Å². The average Bonchev–Trinajstić information content (AvgIpc) is 2.99. The fourth-order valence-corrected chi connectivity index (χ4v) is 3.43. The van der Waals surface area contributed by atoms with Gasteiger partial charge < -0.3 is 0 Å². The number of hydrogen-bond acceptors (Lipinski definition) is 5. The van der Waals surface area contributed by atoms with Crippen LogP contribution in [0.25, 0.3) is 10.6 Å². The largest absolute Gasteiger partial charge is 0.286 e. The monoisotopic (exact) mass is 261 g/mol.